The van der Waals surface area contributed by atoms with Gasteiger partial charge < -0.3 is 15.4 Å². The van der Waals surface area contributed by atoms with E-state index in [1.54, 1.807) is 14.0 Å². The van der Waals surface area contributed by atoms with E-state index in [1.807, 2.05) is 56.3 Å². The maximum atomic E-state index is 12.9. The minimum Gasteiger partial charge on any atom is -0.497 e. The molecule has 1 aliphatic heterocycles. The standard InChI is InChI=1S/C23H27N3O4/c1-15-5-10-19(16(2)13-15)24-20(27)14-26-21(28)23(3,25-22(26)29)12-11-17-6-8-18(30-4)9-7-17/h5-10,13H,11-12,14H2,1-4H3,(H,24,27)(H,25,29)/t23-/m1/s1. The molecule has 1 aliphatic rings. The summed E-state index contributed by atoms with van der Waals surface area (Å²) >= 11 is 0. The molecule has 1 saturated heterocycles. The van der Waals surface area contributed by atoms with Crippen molar-refractivity contribution in [2.24, 2.45) is 0 Å². The van der Waals surface area contributed by atoms with Gasteiger partial charge in [0.1, 0.15) is 17.8 Å². The molecule has 4 amide bonds. The first-order valence-electron chi connectivity index (χ1n) is 9.86. The third-order valence-corrected chi connectivity index (χ3v) is 5.38. The molecule has 7 heteroatoms. The second-order valence-corrected chi connectivity index (χ2v) is 7.87. The molecule has 0 radical (unpaired) electrons. The Hall–Kier alpha value is -3.35. The van der Waals surface area contributed by atoms with Crippen LogP contribution < -0.4 is 15.4 Å². The molecular formula is C23H27N3O4. The van der Waals surface area contributed by atoms with Gasteiger partial charge in [-0.25, -0.2) is 4.79 Å². The summed E-state index contributed by atoms with van der Waals surface area (Å²) in [5, 5.41) is 5.52. The monoisotopic (exact) mass is 409 g/mol. The summed E-state index contributed by atoms with van der Waals surface area (Å²) in [6.45, 7) is 5.24. The highest BCUT2D eigenvalue weighted by Gasteiger charge is 2.47. The highest BCUT2D eigenvalue weighted by molar-refractivity contribution is 6.10. The summed E-state index contributed by atoms with van der Waals surface area (Å²) in [7, 11) is 1.60. The number of amides is 4. The average Bonchev–Trinajstić information content (AvgIpc) is 2.92. The molecule has 0 aromatic heterocycles. The van der Waals surface area contributed by atoms with Gasteiger partial charge in [0.2, 0.25) is 5.91 Å². The predicted molar refractivity (Wildman–Crippen MR) is 115 cm³/mol. The van der Waals surface area contributed by atoms with Gasteiger partial charge in [0, 0.05) is 5.69 Å². The summed E-state index contributed by atoms with van der Waals surface area (Å²) < 4.78 is 5.15. The molecule has 1 heterocycles. The van der Waals surface area contributed by atoms with Gasteiger partial charge >= 0.3 is 6.03 Å². The van der Waals surface area contributed by atoms with Gasteiger partial charge in [-0.1, -0.05) is 29.8 Å². The first-order chi connectivity index (χ1) is 14.2. The molecule has 2 aromatic carbocycles. The minimum absolute atomic E-state index is 0.323. The molecule has 1 fully saturated rings. The molecule has 30 heavy (non-hydrogen) atoms. The lowest BCUT2D eigenvalue weighted by atomic mass is 9.93. The number of aryl methyl sites for hydroxylation is 3. The van der Waals surface area contributed by atoms with Crippen molar-refractivity contribution in [3.05, 3.63) is 59.2 Å². The quantitative estimate of drug-likeness (QED) is 0.688. The number of nitrogens with one attached hydrogen (secondary N) is 2. The molecule has 0 saturated carbocycles. The van der Waals surface area contributed by atoms with Crippen molar-refractivity contribution >= 4 is 23.5 Å². The Balaban J connectivity index is 1.62. The zero-order valence-corrected chi connectivity index (χ0v) is 17.7. The number of benzene rings is 2. The van der Waals surface area contributed by atoms with Crippen LogP contribution in [-0.4, -0.2) is 41.9 Å². The van der Waals surface area contributed by atoms with Crippen molar-refractivity contribution < 1.29 is 19.1 Å². The van der Waals surface area contributed by atoms with Crippen LogP contribution in [0.5, 0.6) is 5.75 Å². The second-order valence-electron chi connectivity index (χ2n) is 7.87. The van der Waals surface area contributed by atoms with Crippen molar-refractivity contribution in [2.75, 3.05) is 19.0 Å². The van der Waals surface area contributed by atoms with Crippen LogP contribution in [0, 0.1) is 13.8 Å². The fourth-order valence-corrected chi connectivity index (χ4v) is 3.53. The highest BCUT2D eigenvalue weighted by atomic mass is 16.5. The van der Waals surface area contributed by atoms with Crippen LogP contribution in [0.3, 0.4) is 0 Å². The van der Waals surface area contributed by atoms with E-state index in [0.717, 1.165) is 27.3 Å². The molecule has 0 spiro atoms. The van der Waals surface area contributed by atoms with Crippen LogP contribution in [0.4, 0.5) is 10.5 Å². The molecule has 2 aromatic rings. The number of rotatable bonds is 7. The van der Waals surface area contributed by atoms with E-state index in [9.17, 15) is 14.4 Å². The zero-order valence-electron chi connectivity index (χ0n) is 17.7. The Morgan fingerprint density at radius 3 is 2.47 bits per heavy atom. The molecule has 7 nitrogen and oxygen atoms in total. The van der Waals surface area contributed by atoms with Crippen molar-refractivity contribution in [1.82, 2.24) is 10.2 Å². The predicted octanol–water partition coefficient (Wildman–Crippen LogP) is 3.19. The smallest absolute Gasteiger partial charge is 0.325 e. The lowest BCUT2D eigenvalue weighted by molar-refractivity contribution is -0.133. The van der Waals surface area contributed by atoms with Gasteiger partial charge in [0.05, 0.1) is 7.11 Å². The van der Waals surface area contributed by atoms with Crippen molar-refractivity contribution in [1.29, 1.82) is 0 Å². The van der Waals surface area contributed by atoms with E-state index in [4.69, 9.17) is 4.74 Å². The van der Waals surface area contributed by atoms with Gasteiger partial charge in [-0.2, -0.15) is 0 Å². The number of carbonyl (C=O) groups is 3. The average molecular weight is 409 g/mol. The number of carbonyl (C=O) groups excluding carboxylic acids is 3. The molecule has 3 rings (SSSR count). The lowest BCUT2D eigenvalue weighted by Gasteiger charge is -2.21. The molecule has 158 valence electrons. The molecular weight excluding hydrogens is 382 g/mol. The second kappa shape index (κ2) is 8.57. The molecule has 0 unspecified atom stereocenters. The Bertz CT molecular complexity index is 971. The Labute approximate surface area is 176 Å². The third-order valence-electron chi connectivity index (χ3n) is 5.38. The first kappa shape index (κ1) is 21.4. The van der Waals surface area contributed by atoms with Gasteiger partial charge in [0.25, 0.3) is 5.91 Å². The number of hydrogen-bond acceptors (Lipinski definition) is 4. The number of urea groups is 1. The summed E-state index contributed by atoms with van der Waals surface area (Å²) in [6, 6.07) is 12.7. The number of hydrogen-bond donors (Lipinski definition) is 2. The van der Waals surface area contributed by atoms with Crippen molar-refractivity contribution in [3.63, 3.8) is 0 Å². The van der Waals surface area contributed by atoms with E-state index in [0.29, 0.717) is 18.5 Å². The lowest BCUT2D eigenvalue weighted by Crippen LogP contribution is -2.45. The third kappa shape index (κ3) is 4.62. The summed E-state index contributed by atoms with van der Waals surface area (Å²) in [6.07, 6.45) is 1.04. The molecule has 0 aliphatic carbocycles. The maximum absolute atomic E-state index is 12.9. The van der Waals surface area contributed by atoms with Crippen LogP contribution in [0.2, 0.25) is 0 Å². The maximum Gasteiger partial charge on any atom is 0.325 e. The number of nitrogens with zero attached hydrogens (tertiary/aromatic N) is 1. The number of anilines is 1. The largest absolute Gasteiger partial charge is 0.497 e. The molecule has 0 bridgehead atoms. The zero-order chi connectivity index (χ0) is 21.9. The van der Waals surface area contributed by atoms with Crippen LogP contribution in [-0.2, 0) is 16.0 Å². The van der Waals surface area contributed by atoms with E-state index in [-0.39, 0.29) is 6.54 Å². The van der Waals surface area contributed by atoms with Crippen molar-refractivity contribution in [2.45, 2.75) is 39.2 Å². The van der Waals surface area contributed by atoms with Crippen LogP contribution in [0.25, 0.3) is 0 Å². The van der Waals surface area contributed by atoms with E-state index >= 15 is 0 Å². The van der Waals surface area contributed by atoms with Crippen LogP contribution in [0.1, 0.15) is 30.0 Å². The van der Waals surface area contributed by atoms with Gasteiger partial charge in [0.15, 0.2) is 0 Å². The summed E-state index contributed by atoms with van der Waals surface area (Å²) in [5.74, 6) is -0.0437. The normalized spacial score (nSPS) is 18.3. The highest BCUT2D eigenvalue weighted by Crippen LogP contribution is 2.24. The first-order valence-corrected chi connectivity index (χ1v) is 9.86. The number of methoxy groups -OCH3 is 1. The van der Waals surface area contributed by atoms with Crippen LogP contribution >= 0.6 is 0 Å². The SMILES string of the molecule is COc1ccc(CC[C@@]2(C)NC(=O)N(CC(=O)Nc3ccc(C)cc3C)C2=O)cc1. The van der Waals surface area contributed by atoms with E-state index < -0.39 is 23.4 Å². The summed E-state index contributed by atoms with van der Waals surface area (Å²) in [4.78, 5) is 38.7. The van der Waals surface area contributed by atoms with Gasteiger partial charge in [-0.15, -0.1) is 0 Å². The van der Waals surface area contributed by atoms with Crippen molar-refractivity contribution in [3.8, 4) is 5.75 Å². The summed E-state index contributed by atoms with van der Waals surface area (Å²) in [5.41, 5.74) is 2.67. The number of ether oxygens (including phenoxy) is 1. The topological polar surface area (TPSA) is 87.7 Å². The van der Waals surface area contributed by atoms with Gasteiger partial charge in [-0.05, 0) is 62.9 Å². The fraction of sp³-hybridized carbons (Fsp3) is 0.348. The number of imide groups is 1. The Morgan fingerprint density at radius 2 is 1.83 bits per heavy atom. The van der Waals surface area contributed by atoms with E-state index in [2.05, 4.69) is 10.6 Å². The Kier molecular flexibility index (Phi) is 6.10. The molecule has 2 N–H and O–H groups in total. The van der Waals surface area contributed by atoms with Crippen LogP contribution in [0.15, 0.2) is 42.5 Å². The van der Waals surface area contributed by atoms with Gasteiger partial charge in [-0.3, -0.25) is 14.5 Å². The minimum atomic E-state index is -1.04. The Morgan fingerprint density at radius 1 is 1.13 bits per heavy atom. The fourth-order valence-electron chi connectivity index (χ4n) is 3.53. The molecule has 1 atom stereocenters. The van der Waals surface area contributed by atoms with E-state index in [1.165, 1.54) is 0 Å².